The van der Waals surface area contributed by atoms with Crippen LogP contribution in [0.1, 0.15) is 52.5 Å². The van der Waals surface area contributed by atoms with Gasteiger partial charge in [0, 0.05) is 29.1 Å². The van der Waals surface area contributed by atoms with E-state index in [1.807, 2.05) is 0 Å². The highest BCUT2D eigenvalue weighted by atomic mass is 16.6. The SMILES string of the molecule is CC1=C(C(=O)O)[C@@H](c2cccc([N+](=O)[O-])c2)C(C(=O)OC(N)CC(=O)c2ccccc2C(=O)O)=C(C)N1. The second kappa shape index (κ2) is 10.8. The van der Waals surface area contributed by atoms with E-state index in [1.54, 1.807) is 0 Å². The molecule has 3 rings (SSSR count). The van der Waals surface area contributed by atoms with Crippen molar-refractivity contribution in [1.29, 1.82) is 0 Å². The van der Waals surface area contributed by atoms with Crippen molar-refractivity contribution in [3.63, 3.8) is 0 Å². The number of ketones is 1. The van der Waals surface area contributed by atoms with Crippen molar-refractivity contribution >= 4 is 29.4 Å². The number of hydrogen-bond donors (Lipinski definition) is 4. The maximum absolute atomic E-state index is 13.2. The van der Waals surface area contributed by atoms with Gasteiger partial charge in [-0.1, -0.05) is 30.3 Å². The maximum atomic E-state index is 13.2. The molecule has 1 heterocycles. The molecule has 12 heteroatoms. The predicted octanol–water partition coefficient (Wildman–Crippen LogP) is 2.71. The van der Waals surface area contributed by atoms with Crippen LogP contribution in [-0.2, 0) is 14.3 Å². The lowest BCUT2D eigenvalue weighted by Gasteiger charge is -2.30. The second-order valence-electron chi connectivity index (χ2n) is 8.21. The van der Waals surface area contributed by atoms with Crippen LogP contribution in [0, 0.1) is 10.1 Å². The van der Waals surface area contributed by atoms with Gasteiger partial charge in [-0.15, -0.1) is 0 Å². The lowest BCUT2D eigenvalue weighted by Crippen LogP contribution is -2.36. The third-order valence-corrected chi connectivity index (χ3v) is 5.73. The molecule has 5 N–H and O–H groups in total. The highest BCUT2D eigenvalue weighted by molar-refractivity contribution is 6.06. The lowest BCUT2D eigenvalue weighted by atomic mass is 9.80. The van der Waals surface area contributed by atoms with Gasteiger partial charge in [-0.2, -0.15) is 0 Å². The predicted molar refractivity (Wildman–Crippen MR) is 128 cm³/mol. The van der Waals surface area contributed by atoms with Gasteiger partial charge < -0.3 is 20.3 Å². The van der Waals surface area contributed by atoms with E-state index in [9.17, 15) is 39.5 Å². The van der Waals surface area contributed by atoms with Crippen molar-refractivity contribution < 1.29 is 39.1 Å². The van der Waals surface area contributed by atoms with Gasteiger partial charge in [-0.05, 0) is 25.5 Å². The topological polar surface area (TPSA) is 199 Å². The van der Waals surface area contributed by atoms with Gasteiger partial charge in [0.1, 0.15) is 0 Å². The van der Waals surface area contributed by atoms with Gasteiger partial charge in [0.2, 0.25) is 0 Å². The Kier molecular flexibility index (Phi) is 7.83. The first kappa shape index (κ1) is 26.8. The number of allylic oxidation sites excluding steroid dienone is 2. The van der Waals surface area contributed by atoms with Crippen LogP contribution in [0.3, 0.4) is 0 Å². The molecule has 0 aromatic heterocycles. The van der Waals surface area contributed by atoms with Crippen LogP contribution in [0.5, 0.6) is 0 Å². The molecule has 0 saturated heterocycles. The average molecular weight is 509 g/mol. The van der Waals surface area contributed by atoms with Gasteiger partial charge in [-0.25, -0.2) is 14.4 Å². The number of nitrogens with one attached hydrogen (secondary N) is 1. The minimum absolute atomic E-state index is 0.113. The molecule has 0 radical (unpaired) electrons. The first-order valence-corrected chi connectivity index (χ1v) is 10.9. The van der Waals surface area contributed by atoms with Gasteiger partial charge in [0.15, 0.2) is 12.0 Å². The summed E-state index contributed by atoms with van der Waals surface area (Å²) in [6.45, 7) is 2.99. The summed E-state index contributed by atoms with van der Waals surface area (Å²) in [4.78, 5) is 60.1. The van der Waals surface area contributed by atoms with Crippen LogP contribution >= 0.6 is 0 Å². The van der Waals surface area contributed by atoms with E-state index in [0.29, 0.717) is 0 Å². The highest BCUT2D eigenvalue weighted by Crippen LogP contribution is 2.39. The van der Waals surface area contributed by atoms with Crippen LogP contribution in [0.15, 0.2) is 71.1 Å². The molecule has 192 valence electrons. The number of rotatable bonds is 9. The fraction of sp³-hybridized carbons (Fsp3) is 0.200. The van der Waals surface area contributed by atoms with E-state index in [0.717, 1.165) is 0 Å². The first-order valence-electron chi connectivity index (χ1n) is 10.9. The van der Waals surface area contributed by atoms with Crippen molar-refractivity contribution in [1.82, 2.24) is 5.32 Å². The summed E-state index contributed by atoms with van der Waals surface area (Å²) in [7, 11) is 0. The Hall–Kier alpha value is -4.84. The highest BCUT2D eigenvalue weighted by Gasteiger charge is 2.38. The Morgan fingerprint density at radius 3 is 2.22 bits per heavy atom. The second-order valence-corrected chi connectivity index (χ2v) is 8.21. The normalized spacial score (nSPS) is 16.0. The van der Waals surface area contributed by atoms with Crippen molar-refractivity contribution in [2.45, 2.75) is 32.4 Å². The number of nitrogens with two attached hydrogens (primary N) is 1. The Labute approximate surface area is 210 Å². The molecule has 1 aliphatic rings. The summed E-state index contributed by atoms with van der Waals surface area (Å²) in [5, 5.41) is 33.3. The Morgan fingerprint density at radius 1 is 1.00 bits per heavy atom. The molecule has 1 aliphatic heterocycles. The number of Topliss-reactive ketones (excluding diaryl/α,β-unsaturated/α-hetero) is 1. The van der Waals surface area contributed by atoms with Crippen LogP contribution in [-0.4, -0.2) is 45.1 Å². The molecule has 0 bridgehead atoms. The van der Waals surface area contributed by atoms with E-state index in [2.05, 4.69) is 5.32 Å². The molecule has 2 aromatic carbocycles. The van der Waals surface area contributed by atoms with E-state index < -0.39 is 47.2 Å². The molecular weight excluding hydrogens is 486 g/mol. The Balaban J connectivity index is 1.93. The fourth-order valence-corrected chi connectivity index (χ4v) is 4.15. The number of aliphatic carboxylic acids is 1. The van der Waals surface area contributed by atoms with Gasteiger partial charge >= 0.3 is 17.9 Å². The molecule has 0 fully saturated rings. The molecule has 12 nitrogen and oxygen atoms in total. The standard InChI is InChI=1S/C25H23N3O9/c1-12-20(24(32)33)22(14-6-5-7-15(10-14)28(35)36)21(13(2)27-12)25(34)37-19(26)11-18(29)16-8-3-4-9-17(16)23(30)31/h3-10,19,22,27H,11,26H2,1-2H3,(H,30,31)(H,32,33)/t19?,22-/m1/s1. The van der Waals surface area contributed by atoms with E-state index in [1.165, 1.54) is 62.4 Å². The number of carboxylic acid groups (broad SMARTS) is 2. The third-order valence-electron chi connectivity index (χ3n) is 5.73. The summed E-state index contributed by atoms with van der Waals surface area (Å²) in [6, 6.07) is 10.7. The summed E-state index contributed by atoms with van der Waals surface area (Å²) in [5.74, 6) is -5.62. The molecule has 2 atom stereocenters. The van der Waals surface area contributed by atoms with E-state index >= 15 is 0 Å². The number of carboxylic acids is 2. The van der Waals surface area contributed by atoms with Crippen molar-refractivity contribution in [2.24, 2.45) is 5.73 Å². The van der Waals surface area contributed by atoms with Crippen LogP contribution < -0.4 is 11.1 Å². The summed E-state index contributed by atoms with van der Waals surface area (Å²) in [6.07, 6.45) is -2.04. The summed E-state index contributed by atoms with van der Waals surface area (Å²) in [5.41, 5.74) is 5.48. The zero-order valence-electron chi connectivity index (χ0n) is 19.8. The number of aromatic carboxylic acids is 1. The van der Waals surface area contributed by atoms with Crippen LogP contribution in [0.2, 0.25) is 0 Å². The number of nitro groups is 1. The number of non-ortho nitro benzene ring substituents is 1. The number of carbonyl (C=O) groups is 4. The van der Waals surface area contributed by atoms with E-state index in [-0.39, 0.29) is 44.9 Å². The zero-order valence-corrected chi connectivity index (χ0v) is 19.8. The molecule has 0 saturated carbocycles. The molecule has 1 unspecified atom stereocenters. The van der Waals surface area contributed by atoms with Crippen LogP contribution in [0.4, 0.5) is 5.69 Å². The Morgan fingerprint density at radius 2 is 1.62 bits per heavy atom. The number of hydrogen-bond acceptors (Lipinski definition) is 9. The first-order chi connectivity index (χ1) is 17.4. The number of dihydropyridines is 1. The summed E-state index contributed by atoms with van der Waals surface area (Å²) < 4.78 is 5.27. The van der Waals surface area contributed by atoms with Crippen molar-refractivity contribution in [2.75, 3.05) is 0 Å². The molecule has 0 aliphatic carbocycles. The quantitative estimate of drug-likeness (QED) is 0.127. The van der Waals surface area contributed by atoms with Gasteiger partial charge in [-0.3, -0.25) is 20.6 Å². The minimum Gasteiger partial charge on any atom is -0.478 e. The molecule has 2 aromatic rings. The molecule has 0 amide bonds. The number of nitro benzene ring substituents is 1. The monoisotopic (exact) mass is 509 g/mol. The molecule has 37 heavy (non-hydrogen) atoms. The lowest BCUT2D eigenvalue weighted by molar-refractivity contribution is -0.384. The number of benzene rings is 2. The van der Waals surface area contributed by atoms with Crippen molar-refractivity contribution in [3.05, 3.63) is 97.9 Å². The number of nitrogens with zero attached hydrogens (tertiary/aromatic N) is 1. The van der Waals surface area contributed by atoms with E-state index in [4.69, 9.17) is 10.5 Å². The van der Waals surface area contributed by atoms with Gasteiger partial charge in [0.25, 0.3) is 5.69 Å². The maximum Gasteiger partial charge on any atom is 0.338 e. The number of ether oxygens (including phenoxy) is 1. The number of carbonyl (C=O) groups excluding carboxylic acids is 2. The molecular formula is C25H23N3O9. The molecule has 0 spiro atoms. The van der Waals surface area contributed by atoms with Crippen LogP contribution in [0.25, 0.3) is 0 Å². The van der Waals surface area contributed by atoms with Gasteiger partial charge in [0.05, 0.1) is 34.0 Å². The smallest absolute Gasteiger partial charge is 0.338 e. The fourth-order valence-electron chi connectivity index (χ4n) is 4.15. The third kappa shape index (κ3) is 5.70. The average Bonchev–Trinajstić information content (AvgIpc) is 2.82. The number of esters is 1. The van der Waals surface area contributed by atoms with Crippen molar-refractivity contribution in [3.8, 4) is 0 Å². The zero-order chi connectivity index (χ0) is 27.4. The minimum atomic E-state index is -1.49. The summed E-state index contributed by atoms with van der Waals surface area (Å²) >= 11 is 0. The largest absolute Gasteiger partial charge is 0.478 e. The Bertz CT molecular complexity index is 1380.